The first-order valence-corrected chi connectivity index (χ1v) is 9.54. The van der Waals surface area contributed by atoms with Gasteiger partial charge in [0.2, 0.25) is 0 Å². The molecule has 0 aliphatic carbocycles. The van der Waals surface area contributed by atoms with E-state index >= 15 is 0 Å². The predicted molar refractivity (Wildman–Crippen MR) is 114 cm³/mol. The zero-order valence-corrected chi connectivity index (χ0v) is 17.3. The van der Waals surface area contributed by atoms with Crippen LogP contribution in [0.25, 0.3) is 0 Å². The fraction of sp³-hybridized carbons (Fsp3) is 0.238. The first-order chi connectivity index (χ1) is 14.3. The van der Waals surface area contributed by atoms with Crippen molar-refractivity contribution < 1.29 is 19.1 Å². The summed E-state index contributed by atoms with van der Waals surface area (Å²) in [6.07, 6.45) is 1.45. The second kappa shape index (κ2) is 11.0. The molecular weight excluding hydrogens is 408 g/mol. The van der Waals surface area contributed by atoms with E-state index < -0.39 is 23.8 Å². The Hall–Kier alpha value is -3.39. The highest BCUT2D eigenvalue weighted by atomic mass is 35.5. The zero-order chi connectivity index (χ0) is 22.1. The summed E-state index contributed by atoms with van der Waals surface area (Å²) in [7, 11) is 0. The molecule has 4 N–H and O–H groups in total. The van der Waals surface area contributed by atoms with Gasteiger partial charge in [-0.05, 0) is 53.9 Å². The maximum atomic E-state index is 12.5. The summed E-state index contributed by atoms with van der Waals surface area (Å²) in [5, 5.41) is 7.07. The van der Waals surface area contributed by atoms with Gasteiger partial charge in [-0.3, -0.25) is 14.4 Å². The lowest BCUT2D eigenvalue weighted by atomic mass is 10.0. The number of nitrogens with zero attached hydrogens (tertiary/aromatic N) is 1. The molecule has 0 spiro atoms. The van der Waals surface area contributed by atoms with Crippen LogP contribution in [0.3, 0.4) is 0 Å². The van der Waals surface area contributed by atoms with Crippen LogP contribution >= 0.6 is 11.6 Å². The minimum atomic E-state index is -0.779. The van der Waals surface area contributed by atoms with E-state index in [1.807, 2.05) is 13.8 Å². The third-order valence-electron chi connectivity index (χ3n) is 3.97. The molecule has 1 atom stereocenters. The highest BCUT2D eigenvalue weighted by Crippen LogP contribution is 2.12. The van der Waals surface area contributed by atoms with Crippen molar-refractivity contribution in [3.63, 3.8) is 0 Å². The molecule has 0 aromatic heterocycles. The Morgan fingerprint density at radius 1 is 1.17 bits per heavy atom. The van der Waals surface area contributed by atoms with Crippen LogP contribution in [0, 0.1) is 5.92 Å². The van der Waals surface area contributed by atoms with Crippen LogP contribution in [0.2, 0.25) is 5.02 Å². The standard InChI is InChI=1S/C21H23ClN4O4/c1-13(2)19(25-20(28)15-4-3-5-16(22)10-15)21(29)26-24-11-14-6-8-17(9-7-14)30-12-18(23)27/h3-11,13,19H,12H2,1-2H3,(H2,23,27)(H,25,28)(H,26,29)/b24-11+. The molecular formula is C21H23ClN4O4. The lowest BCUT2D eigenvalue weighted by molar-refractivity contribution is -0.124. The molecule has 158 valence electrons. The SMILES string of the molecule is CC(C)C(NC(=O)c1cccc(Cl)c1)C(=O)N/N=C/c1ccc(OCC(N)=O)cc1. The first kappa shape index (κ1) is 22.9. The number of carbonyl (C=O) groups is 3. The number of carbonyl (C=O) groups excluding carboxylic acids is 3. The normalized spacial score (nSPS) is 11.9. The smallest absolute Gasteiger partial charge is 0.262 e. The minimum Gasteiger partial charge on any atom is -0.484 e. The second-order valence-corrected chi connectivity index (χ2v) is 7.20. The topological polar surface area (TPSA) is 123 Å². The largest absolute Gasteiger partial charge is 0.484 e. The van der Waals surface area contributed by atoms with Crippen molar-refractivity contribution in [2.24, 2.45) is 16.8 Å². The Balaban J connectivity index is 1.94. The molecule has 2 rings (SSSR count). The zero-order valence-electron chi connectivity index (χ0n) is 16.6. The average Bonchev–Trinajstić information content (AvgIpc) is 2.70. The van der Waals surface area contributed by atoms with Gasteiger partial charge in [0, 0.05) is 10.6 Å². The minimum absolute atomic E-state index is 0.162. The van der Waals surface area contributed by atoms with E-state index in [2.05, 4.69) is 15.8 Å². The molecule has 0 fully saturated rings. The van der Waals surface area contributed by atoms with Crippen molar-refractivity contribution in [3.8, 4) is 5.75 Å². The van der Waals surface area contributed by atoms with Gasteiger partial charge in [-0.25, -0.2) is 5.43 Å². The molecule has 0 bridgehead atoms. The number of amides is 3. The molecule has 30 heavy (non-hydrogen) atoms. The van der Waals surface area contributed by atoms with E-state index in [0.717, 1.165) is 0 Å². The summed E-state index contributed by atoms with van der Waals surface area (Å²) in [6, 6.07) is 12.4. The number of hydrazone groups is 1. The highest BCUT2D eigenvalue weighted by Gasteiger charge is 2.24. The molecule has 3 amide bonds. The molecule has 8 nitrogen and oxygen atoms in total. The van der Waals surface area contributed by atoms with Gasteiger partial charge in [0.1, 0.15) is 11.8 Å². The van der Waals surface area contributed by atoms with Crippen LogP contribution in [0.4, 0.5) is 0 Å². The monoisotopic (exact) mass is 430 g/mol. The van der Waals surface area contributed by atoms with Crippen LogP contribution in [-0.4, -0.2) is 36.6 Å². The number of benzene rings is 2. The summed E-state index contributed by atoms with van der Waals surface area (Å²) in [5.41, 5.74) is 8.52. The van der Waals surface area contributed by atoms with E-state index in [0.29, 0.717) is 21.9 Å². The van der Waals surface area contributed by atoms with Gasteiger partial charge in [-0.15, -0.1) is 0 Å². The molecule has 0 radical (unpaired) electrons. The predicted octanol–water partition coefficient (Wildman–Crippen LogP) is 2.11. The van der Waals surface area contributed by atoms with Gasteiger partial charge < -0.3 is 15.8 Å². The van der Waals surface area contributed by atoms with Crippen LogP contribution in [0.5, 0.6) is 5.75 Å². The van der Waals surface area contributed by atoms with E-state index in [4.69, 9.17) is 22.1 Å². The molecule has 2 aromatic rings. The van der Waals surface area contributed by atoms with Gasteiger partial charge in [-0.2, -0.15) is 5.10 Å². The van der Waals surface area contributed by atoms with E-state index in [-0.39, 0.29) is 12.5 Å². The first-order valence-electron chi connectivity index (χ1n) is 9.16. The van der Waals surface area contributed by atoms with E-state index in [1.54, 1.807) is 42.5 Å². The summed E-state index contributed by atoms with van der Waals surface area (Å²) in [4.78, 5) is 35.6. The molecule has 2 aromatic carbocycles. The molecule has 0 heterocycles. The number of hydrogen-bond acceptors (Lipinski definition) is 5. The Morgan fingerprint density at radius 3 is 2.47 bits per heavy atom. The number of nitrogens with one attached hydrogen (secondary N) is 2. The molecule has 0 saturated carbocycles. The van der Waals surface area contributed by atoms with Crippen molar-refractivity contribution in [2.75, 3.05) is 6.61 Å². The summed E-state index contributed by atoms with van der Waals surface area (Å²) < 4.78 is 5.17. The lowest BCUT2D eigenvalue weighted by Gasteiger charge is -2.20. The summed E-state index contributed by atoms with van der Waals surface area (Å²) in [6.45, 7) is 3.43. The van der Waals surface area contributed by atoms with Crippen molar-refractivity contribution in [1.29, 1.82) is 0 Å². The van der Waals surface area contributed by atoms with Gasteiger partial charge >= 0.3 is 0 Å². The molecule has 0 aliphatic rings. The lowest BCUT2D eigenvalue weighted by Crippen LogP contribution is -2.48. The van der Waals surface area contributed by atoms with Crippen molar-refractivity contribution in [2.45, 2.75) is 19.9 Å². The van der Waals surface area contributed by atoms with E-state index in [9.17, 15) is 14.4 Å². The van der Waals surface area contributed by atoms with Gasteiger partial charge in [0.15, 0.2) is 6.61 Å². The number of nitrogens with two attached hydrogens (primary N) is 1. The molecule has 0 aliphatic heterocycles. The van der Waals surface area contributed by atoms with Gasteiger partial charge in [0.25, 0.3) is 17.7 Å². The van der Waals surface area contributed by atoms with E-state index in [1.165, 1.54) is 12.3 Å². The highest BCUT2D eigenvalue weighted by molar-refractivity contribution is 6.31. The van der Waals surface area contributed by atoms with Crippen molar-refractivity contribution >= 4 is 35.5 Å². The second-order valence-electron chi connectivity index (χ2n) is 6.76. The quantitative estimate of drug-likeness (QED) is 0.416. The summed E-state index contributed by atoms with van der Waals surface area (Å²) >= 11 is 5.91. The fourth-order valence-corrected chi connectivity index (χ4v) is 2.62. The van der Waals surface area contributed by atoms with Crippen molar-refractivity contribution in [1.82, 2.24) is 10.7 Å². The Kier molecular flexibility index (Phi) is 8.37. The van der Waals surface area contributed by atoms with Gasteiger partial charge in [-0.1, -0.05) is 31.5 Å². The molecule has 1 unspecified atom stereocenters. The number of hydrogen-bond donors (Lipinski definition) is 3. The number of halogens is 1. The number of ether oxygens (including phenoxy) is 1. The van der Waals surface area contributed by atoms with Crippen molar-refractivity contribution in [3.05, 3.63) is 64.7 Å². The molecule has 9 heteroatoms. The van der Waals surface area contributed by atoms with Crippen LogP contribution in [0.15, 0.2) is 53.6 Å². The number of rotatable bonds is 9. The number of primary amides is 1. The Labute approximate surface area is 179 Å². The molecule has 0 saturated heterocycles. The maximum absolute atomic E-state index is 12.5. The third kappa shape index (κ3) is 7.21. The Morgan fingerprint density at radius 2 is 1.87 bits per heavy atom. The third-order valence-corrected chi connectivity index (χ3v) is 4.21. The Bertz CT molecular complexity index is 929. The summed E-state index contributed by atoms with van der Waals surface area (Å²) in [5.74, 6) is -1.09. The van der Waals surface area contributed by atoms with Crippen LogP contribution in [0.1, 0.15) is 29.8 Å². The van der Waals surface area contributed by atoms with Crippen LogP contribution in [-0.2, 0) is 9.59 Å². The average molecular weight is 431 g/mol. The van der Waals surface area contributed by atoms with Crippen LogP contribution < -0.4 is 21.2 Å². The van der Waals surface area contributed by atoms with Gasteiger partial charge in [0.05, 0.1) is 6.21 Å². The maximum Gasteiger partial charge on any atom is 0.262 e. The fourth-order valence-electron chi connectivity index (χ4n) is 2.43.